The second kappa shape index (κ2) is 7.43. The maximum absolute atomic E-state index is 10.3. The van der Waals surface area contributed by atoms with Crippen LogP contribution in [0.3, 0.4) is 0 Å². The fraction of sp³-hybridized carbons (Fsp3) is 0.455. The molecule has 0 aliphatic carbocycles. The van der Waals surface area contributed by atoms with E-state index < -0.39 is 10.1 Å². The van der Waals surface area contributed by atoms with Gasteiger partial charge in [0.1, 0.15) is 10.1 Å². The smallest absolute Gasteiger partial charge is 0.124 e. The van der Waals surface area contributed by atoms with Crippen LogP contribution in [0.1, 0.15) is 28.2 Å². The molecule has 0 atom stereocenters. The highest BCUT2D eigenvalue weighted by molar-refractivity contribution is 7.85. The maximum atomic E-state index is 10.3. The lowest BCUT2D eigenvalue weighted by molar-refractivity contribution is 0.463. The van der Waals surface area contributed by atoms with E-state index in [1.165, 1.54) is 24.3 Å². The van der Waals surface area contributed by atoms with Crippen molar-refractivity contribution in [2.45, 2.75) is 33.1 Å². The SMILES string of the molecule is C.CC(C)C.O=S(=O)([O-])c1ccccc1. The van der Waals surface area contributed by atoms with Gasteiger partial charge < -0.3 is 4.55 Å². The lowest BCUT2D eigenvalue weighted by Gasteiger charge is -2.04. The molecular weight excluding hydrogens is 212 g/mol. The molecule has 88 valence electrons. The Bertz CT molecular complexity index is 339. The van der Waals surface area contributed by atoms with Gasteiger partial charge in [0.15, 0.2) is 0 Å². The van der Waals surface area contributed by atoms with Gasteiger partial charge in [0.2, 0.25) is 0 Å². The molecule has 0 saturated carbocycles. The Hall–Kier alpha value is -0.870. The fourth-order valence-electron chi connectivity index (χ4n) is 0.587. The van der Waals surface area contributed by atoms with E-state index in [4.69, 9.17) is 0 Å². The molecule has 4 heteroatoms. The molecular formula is C11H19O3S-. The van der Waals surface area contributed by atoms with Gasteiger partial charge in [-0.1, -0.05) is 46.4 Å². The molecule has 1 rings (SSSR count). The lowest BCUT2D eigenvalue weighted by atomic mass is 10.3. The normalized spacial score (nSPS) is 9.93. The molecule has 0 amide bonds. The number of rotatable bonds is 1. The minimum atomic E-state index is -4.25. The summed E-state index contributed by atoms with van der Waals surface area (Å²) in [5, 5.41) is 0. The van der Waals surface area contributed by atoms with Crippen molar-refractivity contribution in [2.24, 2.45) is 5.92 Å². The van der Waals surface area contributed by atoms with Crippen molar-refractivity contribution in [3.8, 4) is 0 Å². The first kappa shape index (κ1) is 16.6. The average Bonchev–Trinajstić information content (AvgIpc) is 2.03. The molecule has 0 aliphatic heterocycles. The summed E-state index contributed by atoms with van der Waals surface area (Å²) < 4.78 is 30.8. The Kier molecular flexibility index (Phi) is 8.20. The van der Waals surface area contributed by atoms with Crippen LogP contribution in [0.4, 0.5) is 0 Å². The Morgan fingerprint density at radius 1 is 1.07 bits per heavy atom. The van der Waals surface area contributed by atoms with Crippen LogP contribution in [0.25, 0.3) is 0 Å². The van der Waals surface area contributed by atoms with Crippen molar-refractivity contribution >= 4 is 10.1 Å². The van der Waals surface area contributed by atoms with Crippen LogP contribution in [0.2, 0.25) is 0 Å². The summed E-state index contributed by atoms with van der Waals surface area (Å²) in [7, 11) is -4.25. The van der Waals surface area contributed by atoms with Gasteiger partial charge in [-0.05, 0) is 18.1 Å². The number of hydrogen-bond donors (Lipinski definition) is 0. The van der Waals surface area contributed by atoms with Crippen molar-refractivity contribution in [2.75, 3.05) is 0 Å². The van der Waals surface area contributed by atoms with Crippen LogP contribution in [0.15, 0.2) is 35.2 Å². The molecule has 0 aromatic heterocycles. The first-order chi connectivity index (χ1) is 6.34. The van der Waals surface area contributed by atoms with Crippen LogP contribution in [-0.4, -0.2) is 13.0 Å². The predicted octanol–water partition coefficient (Wildman–Crippen LogP) is 2.89. The first-order valence-electron chi connectivity index (χ1n) is 4.35. The summed E-state index contributed by atoms with van der Waals surface area (Å²) in [5.74, 6) is 0.833. The summed E-state index contributed by atoms with van der Waals surface area (Å²) in [6.07, 6.45) is 0. The largest absolute Gasteiger partial charge is 0.744 e. The van der Waals surface area contributed by atoms with Crippen LogP contribution in [0, 0.1) is 5.92 Å². The minimum absolute atomic E-state index is 0. The Morgan fingerprint density at radius 3 is 1.60 bits per heavy atom. The number of benzene rings is 1. The summed E-state index contributed by atoms with van der Waals surface area (Å²) in [6.45, 7) is 6.50. The zero-order chi connectivity index (χ0) is 11.2. The van der Waals surface area contributed by atoms with Gasteiger partial charge in [-0.15, -0.1) is 0 Å². The van der Waals surface area contributed by atoms with E-state index in [2.05, 4.69) is 20.8 Å². The highest BCUT2D eigenvalue weighted by Gasteiger charge is 1.95. The highest BCUT2D eigenvalue weighted by atomic mass is 32.2. The summed E-state index contributed by atoms with van der Waals surface area (Å²) in [6, 6.07) is 7.19. The van der Waals surface area contributed by atoms with Gasteiger partial charge >= 0.3 is 0 Å². The van der Waals surface area contributed by atoms with E-state index in [9.17, 15) is 13.0 Å². The highest BCUT2D eigenvalue weighted by Crippen LogP contribution is 2.04. The van der Waals surface area contributed by atoms with E-state index in [1.807, 2.05) is 0 Å². The van der Waals surface area contributed by atoms with Crippen molar-refractivity contribution in [1.29, 1.82) is 0 Å². The molecule has 1 aromatic carbocycles. The van der Waals surface area contributed by atoms with E-state index in [0.717, 1.165) is 5.92 Å². The third-order valence-electron chi connectivity index (χ3n) is 1.03. The quantitative estimate of drug-likeness (QED) is 0.698. The van der Waals surface area contributed by atoms with Gasteiger partial charge in [-0.2, -0.15) is 0 Å². The summed E-state index contributed by atoms with van der Waals surface area (Å²) in [4.78, 5) is -0.185. The third-order valence-corrected chi connectivity index (χ3v) is 1.88. The molecule has 15 heavy (non-hydrogen) atoms. The van der Waals surface area contributed by atoms with E-state index in [1.54, 1.807) is 6.07 Å². The molecule has 3 nitrogen and oxygen atoms in total. The van der Waals surface area contributed by atoms with Crippen molar-refractivity contribution < 1.29 is 13.0 Å². The standard InChI is InChI=1S/C6H6O3S.C4H10.CH4/c7-10(8,9)6-4-2-1-3-5-6;1-4(2)3;/h1-5H,(H,7,8,9);4H,1-3H3;1H4/p-1. The molecule has 0 unspecified atom stereocenters. The lowest BCUT2D eigenvalue weighted by Crippen LogP contribution is -1.96. The molecule has 0 heterocycles. The topological polar surface area (TPSA) is 57.2 Å². The number of hydrogen-bond acceptors (Lipinski definition) is 3. The molecule has 0 fully saturated rings. The predicted molar refractivity (Wildman–Crippen MR) is 61.6 cm³/mol. The first-order valence-corrected chi connectivity index (χ1v) is 5.76. The van der Waals surface area contributed by atoms with E-state index in [0.29, 0.717) is 0 Å². The Labute approximate surface area is 92.9 Å². The Morgan fingerprint density at radius 2 is 1.40 bits per heavy atom. The molecule has 0 radical (unpaired) electrons. The van der Waals surface area contributed by atoms with E-state index in [-0.39, 0.29) is 12.3 Å². The average molecular weight is 231 g/mol. The fourth-order valence-corrected chi connectivity index (χ4v) is 1.08. The third kappa shape index (κ3) is 9.43. The second-order valence-corrected chi connectivity index (χ2v) is 4.88. The van der Waals surface area contributed by atoms with Gasteiger partial charge in [-0.3, -0.25) is 0 Å². The van der Waals surface area contributed by atoms with Crippen LogP contribution < -0.4 is 0 Å². The second-order valence-electron chi connectivity index (χ2n) is 3.50. The maximum Gasteiger partial charge on any atom is 0.124 e. The molecule has 0 N–H and O–H groups in total. The molecule has 0 spiro atoms. The Balaban J connectivity index is 0. The summed E-state index contributed by atoms with van der Waals surface area (Å²) in [5.41, 5.74) is 0. The van der Waals surface area contributed by atoms with Crippen molar-refractivity contribution in [1.82, 2.24) is 0 Å². The van der Waals surface area contributed by atoms with Crippen LogP contribution >= 0.6 is 0 Å². The van der Waals surface area contributed by atoms with Crippen molar-refractivity contribution in [3.05, 3.63) is 30.3 Å². The van der Waals surface area contributed by atoms with Crippen LogP contribution in [0.5, 0.6) is 0 Å². The van der Waals surface area contributed by atoms with E-state index >= 15 is 0 Å². The van der Waals surface area contributed by atoms with Gasteiger partial charge in [0.05, 0.1) is 4.90 Å². The summed E-state index contributed by atoms with van der Waals surface area (Å²) >= 11 is 0. The molecule has 0 aliphatic rings. The minimum Gasteiger partial charge on any atom is -0.744 e. The monoisotopic (exact) mass is 231 g/mol. The van der Waals surface area contributed by atoms with Gasteiger partial charge in [0, 0.05) is 0 Å². The van der Waals surface area contributed by atoms with Gasteiger partial charge in [-0.25, -0.2) is 8.42 Å². The van der Waals surface area contributed by atoms with Gasteiger partial charge in [0.25, 0.3) is 0 Å². The molecule has 1 aromatic rings. The zero-order valence-corrected chi connectivity index (χ0v) is 9.41. The zero-order valence-electron chi connectivity index (χ0n) is 8.60. The van der Waals surface area contributed by atoms with Crippen LogP contribution in [-0.2, 0) is 10.1 Å². The molecule has 0 saturated heterocycles. The molecule has 0 bridgehead atoms. The van der Waals surface area contributed by atoms with Crippen molar-refractivity contribution in [3.63, 3.8) is 0 Å².